The molecule has 8 heteroatoms. The second kappa shape index (κ2) is 9.00. The van der Waals surface area contributed by atoms with E-state index in [1.54, 1.807) is 13.2 Å². The highest BCUT2D eigenvalue weighted by molar-refractivity contribution is 5.74. The summed E-state index contributed by atoms with van der Waals surface area (Å²) >= 11 is 0. The van der Waals surface area contributed by atoms with Gasteiger partial charge in [-0.15, -0.1) is 0 Å². The van der Waals surface area contributed by atoms with E-state index in [2.05, 4.69) is 6.92 Å². The zero-order valence-corrected chi connectivity index (χ0v) is 19.5. The number of aromatic nitrogens is 1. The largest absolute Gasteiger partial charge is 0.493 e. The first kappa shape index (κ1) is 22.3. The number of pyridine rings is 1. The SMILES string of the molecule is COc1cc2c(cc1OCC1(C)COC1)CCn1c-2c(C)c(OC[C@@H]2COCCO2)cc1=O. The number of hydrogen-bond donors (Lipinski definition) is 0. The fraction of sp³-hybridized carbons (Fsp3) is 0.560. The molecule has 3 aliphatic heterocycles. The molecule has 1 aromatic heterocycles. The van der Waals surface area contributed by atoms with Crippen molar-refractivity contribution in [2.45, 2.75) is 32.9 Å². The lowest BCUT2D eigenvalue weighted by Crippen LogP contribution is -2.44. The lowest BCUT2D eigenvalue weighted by Gasteiger charge is -2.37. The first-order valence-electron chi connectivity index (χ1n) is 11.5. The molecule has 0 unspecified atom stereocenters. The monoisotopic (exact) mass is 457 g/mol. The predicted octanol–water partition coefficient (Wildman–Crippen LogP) is 2.60. The van der Waals surface area contributed by atoms with E-state index in [-0.39, 0.29) is 17.1 Å². The number of methoxy groups -OCH3 is 1. The van der Waals surface area contributed by atoms with Crippen LogP contribution < -0.4 is 19.8 Å². The number of aryl methyl sites for hydroxylation is 1. The van der Waals surface area contributed by atoms with E-state index in [0.29, 0.717) is 64.3 Å². The smallest absolute Gasteiger partial charge is 0.254 e. The van der Waals surface area contributed by atoms with Crippen LogP contribution in [-0.4, -0.2) is 64.0 Å². The van der Waals surface area contributed by atoms with E-state index in [1.807, 2.05) is 23.6 Å². The third-order valence-corrected chi connectivity index (χ3v) is 6.55. The zero-order valence-electron chi connectivity index (χ0n) is 19.5. The fourth-order valence-electron chi connectivity index (χ4n) is 4.58. The van der Waals surface area contributed by atoms with Gasteiger partial charge in [-0.3, -0.25) is 4.79 Å². The lowest BCUT2D eigenvalue weighted by molar-refractivity contribution is -0.120. The quantitative estimate of drug-likeness (QED) is 0.633. The number of hydrogen-bond acceptors (Lipinski definition) is 7. The van der Waals surface area contributed by atoms with Crippen molar-refractivity contribution in [2.24, 2.45) is 5.41 Å². The van der Waals surface area contributed by atoms with Crippen molar-refractivity contribution in [3.05, 3.63) is 39.7 Å². The van der Waals surface area contributed by atoms with E-state index < -0.39 is 0 Å². The minimum atomic E-state index is -0.132. The third kappa shape index (κ3) is 4.35. The summed E-state index contributed by atoms with van der Waals surface area (Å²) in [5.74, 6) is 1.95. The average molecular weight is 458 g/mol. The van der Waals surface area contributed by atoms with Crippen LogP contribution in [0.4, 0.5) is 0 Å². The maximum absolute atomic E-state index is 12.9. The molecule has 0 aliphatic carbocycles. The highest BCUT2D eigenvalue weighted by Gasteiger charge is 2.35. The topological polar surface area (TPSA) is 77.4 Å². The lowest BCUT2D eigenvalue weighted by atomic mass is 9.90. The number of nitrogens with zero attached hydrogens (tertiary/aromatic N) is 1. The van der Waals surface area contributed by atoms with E-state index >= 15 is 0 Å². The molecule has 4 heterocycles. The molecular formula is C25H31NO7. The number of benzene rings is 1. The highest BCUT2D eigenvalue weighted by atomic mass is 16.6. The van der Waals surface area contributed by atoms with Crippen molar-refractivity contribution >= 4 is 0 Å². The number of rotatable bonds is 7. The Balaban J connectivity index is 1.45. The summed E-state index contributed by atoms with van der Waals surface area (Å²) in [6.07, 6.45) is 0.613. The van der Waals surface area contributed by atoms with Gasteiger partial charge in [-0.05, 0) is 31.0 Å². The Morgan fingerprint density at radius 1 is 1.09 bits per heavy atom. The van der Waals surface area contributed by atoms with Gasteiger partial charge in [-0.25, -0.2) is 0 Å². The standard InChI is InChI=1S/C25H31NO7/c1-16-20(32-12-18-11-29-6-7-31-18)10-23(27)26-5-4-17-8-22(33-15-25(2)13-30-14-25)21(28-3)9-19(17)24(16)26/h8-10,18H,4-7,11-15H2,1-3H3/t18-/m0/s1. The Kier molecular flexibility index (Phi) is 6.07. The molecule has 2 saturated heterocycles. The van der Waals surface area contributed by atoms with Crippen molar-refractivity contribution in [1.29, 1.82) is 0 Å². The molecule has 1 aromatic carbocycles. The first-order valence-corrected chi connectivity index (χ1v) is 11.5. The molecule has 0 radical (unpaired) electrons. The van der Waals surface area contributed by atoms with Crippen LogP contribution in [-0.2, 0) is 27.2 Å². The summed E-state index contributed by atoms with van der Waals surface area (Å²) < 4.78 is 36.1. The van der Waals surface area contributed by atoms with Gasteiger partial charge in [0.05, 0.1) is 52.4 Å². The number of fused-ring (bicyclic) bond motifs is 3. The molecule has 178 valence electrons. The normalized spacial score (nSPS) is 20.9. The van der Waals surface area contributed by atoms with Gasteiger partial charge >= 0.3 is 0 Å². The molecule has 2 fully saturated rings. The minimum absolute atomic E-state index is 0.0384. The Hall–Kier alpha value is -2.55. The van der Waals surface area contributed by atoms with E-state index in [4.69, 9.17) is 28.4 Å². The van der Waals surface area contributed by atoms with Crippen molar-refractivity contribution < 1.29 is 28.4 Å². The average Bonchev–Trinajstić information content (AvgIpc) is 2.82. The first-order chi connectivity index (χ1) is 16.0. The van der Waals surface area contributed by atoms with Gasteiger partial charge in [-0.1, -0.05) is 6.92 Å². The molecule has 2 aromatic rings. The summed E-state index contributed by atoms with van der Waals surface area (Å²) in [4.78, 5) is 12.9. The van der Waals surface area contributed by atoms with Crippen LogP contribution >= 0.6 is 0 Å². The van der Waals surface area contributed by atoms with Crippen molar-refractivity contribution in [1.82, 2.24) is 4.57 Å². The Morgan fingerprint density at radius 3 is 2.64 bits per heavy atom. The number of ether oxygens (including phenoxy) is 6. The molecule has 3 aliphatic rings. The van der Waals surface area contributed by atoms with Crippen LogP contribution in [0.5, 0.6) is 17.2 Å². The summed E-state index contributed by atoms with van der Waals surface area (Å²) in [7, 11) is 1.64. The van der Waals surface area contributed by atoms with Crippen LogP contribution in [0.1, 0.15) is 18.1 Å². The molecule has 0 amide bonds. The van der Waals surface area contributed by atoms with E-state index in [1.165, 1.54) is 0 Å². The second-order valence-corrected chi connectivity index (χ2v) is 9.35. The molecule has 1 atom stereocenters. The van der Waals surface area contributed by atoms with Crippen LogP contribution in [0.3, 0.4) is 0 Å². The van der Waals surface area contributed by atoms with E-state index in [9.17, 15) is 4.79 Å². The molecule has 0 bridgehead atoms. The molecular weight excluding hydrogens is 426 g/mol. The summed E-state index contributed by atoms with van der Waals surface area (Å²) in [6, 6.07) is 5.60. The molecule has 33 heavy (non-hydrogen) atoms. The van der Waals surface area contributed by atoms with Gasteiger partial charge in [0.25, 0.3) is 5.56 Å². The predicted molar refractivity (Wildman–Crippen MR) is 122 cm³/mol. The van der Waals surface area contributed by atoms with Crippen molar-refractivity contribution in [3.63, 3.8) is 0 Å². The molecule has 0 N–H and O–H groups in total. The van der Waals surface area contributed by atoms with Crippen molar-refractivity contribution in [3.8, 4) is 28.5 Å². The van der Waals surface area contributed by atoms with Gasteiger partial charge in [0.15, 0.2) is 11.5 Å². The van der Waals surface area contributed by atoms with Crippen LogP contribution in [0.15, 0.2) is 23.0 Å². The minimum Gasteiger partial charge on any atom is -0.493 e. The Bertz CT molecular complexity index is 1080. The Labute approximate surface area is 193 Å². The maximum Gasteiger partial charge on any atom is 0.254 e. The summed E-state index contributed by atoms with van der Waals surface area (Å²) in [5.41, 5.74) is 3.85. The van der Waals surface area contributed by atoms with E-state index in [0.717, 1.165) is 34.6 Å². The van der Waals surface area contributed by atoms with Crippen LogP contribution in [0.2, 0.25) is 0 Å². The summed E-state index contributed by atoms with van der Waals surface area (Å²) in [6.45, 7) is 8.74. The van der Waals surface area contributed by atoms with Crippen LogP contribution in [0, 0.1) is 12.3 Å². The van der Waals surface area contributed by atoms with Gasteiger partial charge in [-0.2, -0.15) is 0 Å². The van der Waals surface area contributed by atoms with Gasteiger partial charge in [0.1, 0.15) is 18.5 Å². The summed E-state index contributed by atoms with van der Waals surface area (Å²) in [5, 5.41) is 0. The Morgan fingerprint density at radius 2 is 1.94 bits per heavy atom. The molecule has 0 saturated carbocycles. The van der Waals surface area contributed by atoms with Gasteiger partial charge in [0, 0.05) is 29.2 Å². The third-order valence-electron chi connectivity index (χ3n) is 6.55. The van der Waals surface area contributed by atoms with Gasteiger partial charge in [0.2, 0.25) is 0 Å². The zero-order chi connectivity index (χ0) is 23.0. The second-order valence-electron chi connectivity index (χ2n) is 9.35. The van der Waals surface area contributed by atoms with Gasteiger partial charge < -0.3 is 33.0 Å². The molecule has 0 spiro atoms. The fourth-order valence-corrected chi connectivity index (χ4v) is 4.58. The molecule has 5 rings (SSSR count). The maximum atomic E-state index is 12.9. The van der Waals surface area contributed by atoms with Crippen molar-refractivity contribution in [2.75, 3.05) is 53.4 Å². The highest BCUT2D eigenvalue weighted by Crippen LogP contribution is 2.41. The van der Waals surface area contributed by atoms with Crippen LogP contribution in [0.25, 0.3) is 11.3 Å². The molecule has 8 nitrogen and oxygen atoms in total.